The molecule has 0 aliphatic rings. The highest BCUT2D eigenvalue weighted by molar-refractivity contribution is 6.07. The van der Waals surface area contributed by atoms with Gasteiger partial charge in [0, 0.05) is 16.5 Å². The molecule has 1 N–H and O–H groups in total. The third-order valence-corrected chi connectivity index (χ3v) is 5.35. The second-order valence-corrected chi connectivity index (χ2v) is 7.55. The van der Waals surface area contributed by atoms with E-state index in [-0.39, 0.29) is 5.91 Å². The van der Waals surface area contributed by atoms with E-state index in [1.165, 1.54) is 0 Å². The van der Waals surface area contributed by atoms with Crippen LogP contribution < -0.4 is 14.9 Å². The lowest BCUT2D eigenvalue weighted by atomic mass is 10.0. The van der Waals surface area contributed by atoms with Crippen molar-refractivity contribution in [3.8, 4) is 22.8 Å². The maximum Gasteiger partial charge on any atom is 0.272 e. The van der Waals surface area contributed by atoms with Crippen LogP contribution >= 0.6 is 0 Å². The van der Waals surface area contributed by atoms with Gasteiger partial charge in [0.1, 0.15) is 0 Å². The molecule has 3 aromatic carbocycles. The van der Waals surface area contributed by atoms with Crippen LogP contribution in [0.2, 0.25) is 0 Å². The van der Waals surface area contributed by atoms with E-state index in [1.54, 1.807) is 38.6 Å². The smallest absolute Gasteiger partial charge is 0.272 e. The molecule has 34 heavy (non-hydrogen) atoms. The number of hydrogen-bond acceptors (Lipinski definition) is 5. The Labute approximate surface area is 198 Å². The second-order valence-electron chi connectivity index (χ2n) is 7.55. The van der Waals surface area contributed by atoms with Crippen LogP contribution in [0, 0.1) is 0 Å². The Balaban J connectivity index is 1.64. The van der Waals surface area contributed by atoms with Gasteiger partial charge in [0.15, 0.2) is 11.5 Å². The number of hydrogen-bond donors (Lipinski definition) is 1. The summed E-state index contributed by atoms with van der Waals surface area (Å²) in [5, 5.41) is 4.95. The first-order chi connectivity index (χ1) is 16.6. The summed E-state index contributed by atoms with van der Waals surface area (Å²) in [6.07, 6.45) is 3.98. The topological polar surface area (TPSA) is 72.8 Å². The molecule has 1 amide bonds. The van der Waals surface area contributed by atoms with Crippen LogP contribution in [0.25, 0.3) is 22.2 Å². The van der Waals surface area contributed by atoms with Gasteiger partial charge < -0.3 is 9.47 Å². The lowest BCUT2D eigenvalue weighted by Crippen LogP contribution is -2.18. The molecule has 0 aliphatic carbocycles. The van der Waals surface area contributed by atoms with Crippen molar-refractivity contribution >= 4 is 23.0 Å². The standard InChI is InChI=1S/C28H25N3O3/c1-4-10-21-15-19(16-26(33-2)27(21)34-3)18-29-31-28(32)23-17-25(20-11-6-5-7-12-20)30-24-14-9-8-13-22(23)24/h4-9,11-18H,1,10H2,2-3H3,(H,31,32)/b29-18+. The van der Waals surface area contributed by atoms with Gasteiger partial charge in [-0.2, -0.15) is 5.10 Å². The van der Waals surface area contributed by atoms with Gasteiger partial charge in [-0.25, -0.2) is 10.4 Å². The number of amides is 1. The van der Waals surface area contributed by atoms with Crippen LogP contribution in [0.4, 0.5) is 0 Å². The number of allylic oxidation sites excluding steroid dienone is 1. The van der Waals surface area contributed by atoms with E-state index >= 15 is 0 Å². The van der Waals surface area contributed by atoms with Crippen LogP contribution in [0.15, 0.2) is 90.6 Å². The molecule has 4 rings (SSSR count). The number of pyridine rings is 1. The van der Waals surface area contributed by atoms with Crippen molar-refractivity contribution in [2.24, 2.45) is 5.10 Å². The molecule has 1 aromatic heterocycles. The number of para-hydroxylation sites is 1. The number of fused-ring (bicyclic) bond motifs is 1. The summed E-state index contributed by atoms with van der Waals surface area (Å²) in [4.78, 5) is 17.8. The molecule has 0 saturated carbocycles. The number of hydrazone groups is 1. The number of benzene rings is 3. The number of methoxy groups -OCH3 is 2. The molecule has 0 atom stereocenters. The predicted molar refractivity (Wildman–Crippen MR) is 136 cm³/mol. The minimum Gasteiger partial charge on any atom is -0.493 e. The van der Waals surface area contributed by atoms with Crippen LogP contribution in [-0.4, -0.2) is 31.3 Å². The molecular weight excluding hydrogens is 426 g/mol. The zero-order valence-corrected chi connectivity index (χ0v) is 19.1. The minimum absolute atomic E-state index is 0.321. The second kappa shape index (κ2) is 10.4. The quantitative estimate of drug-likeness (QED) is 0.221. The summed E-state index contributed by atoms with van der Waals surface area (Å²) in [5.41, 5.74) is 7.23. The van der Waals surface area contributed by atoms with Crippen molar-refractivity contribution < 1.29 is 14.3 Å². The van der Waals surface area contributed by atoms with E-state index < -0.39 is 0 Å². The van der Waals surface area contributed by atoms with Gasteiger partial charge in [0.2, 0.25) is 0 Å². The lowest BCUT2D eigenvalue weighted by Gasteiger charge is -2.13. The molecule has 6 nitrogen and oxygen atoms in total. The average molecular weight is 452 g/mol. The Morgan fingerprint density at radius 1 is 1.03 bits per heavy atom. The highest BCUT2D eigenvalue weighted by atomic mass is 16.5. The zero-order chi connectivity index (χ0) is 23.9. The summed E-state index contributed by atoms with van der Waals surface area (Å²) >= 11 is 0. The van der Waals surface area contributed by atoms with E-state index in [0.717, 1.165) is 33.3 Å². The third-order valence-electron chi connectivity index (χ3n) is 5.35. The van der Waals surface area contributed by atoms with Crippen molar-refractivity contribution in [1.29, 1.82) is 0 Å². The maximum absolute atomic E-state index is 13.1. The van der Waals surface area contributed by atoms with Gasteiger partial charge in [-0.1, -0.05) is 54.6 Å². The summed E-state index contributed by atoms with van der Waals surface area (Å²) in [7, 11) is 3.18. The van der Waals surface area contributed by atoms with Crippen LogP contribution in [0.3, 0.4) is 0 Å². The average Bonchev–Trinajstić information content (AvgIpc) is 2.88. The molecule has 6 heteroatoms. The maximum atomic E-state index is 13.1. The van der Waals surface area contributed by atoms with E-state index in [4.69, 9.17) is 14.5 Å². The molecule has 0 bridgehead atoms. The van der Waals surface area contributed by atoms with E-state index in [0.29, 0.717) is 23.5 Å². The fourth-order valence-electron chi connectivity index (χ4n) is 3.79. The molecule has 4 aromatic rings. The molecule has 0 fully saturated rings. The fourth-order valence-corrected chi connectivity index (χ4v) is 3.79. The summed E-state index contributed by atoms with van der Waals surface area (Å²) in [6, 6.07) is 22.9. The van der Waals surface area contributed by atoms with E-state index in [1.807, 2.05) is 60.7 Å². The molecule has 0 saturated heterocycles. The summed E-state index contributed by atoms with van der Waals surface area (Å²) < 4.78 is 10.9. The molecule has 1 heterocycles. The van der Waals surface area contributed by atoms with Gasteiger partial charge in [0.05, 0.1) is 37.2 Å². The lowest BCUT2D eigenvalue weighted by molar-refractivity contribution is 0.0956. The van der Waals surface area contributed by atoms with Crippen LogP contribution in [0.1, 0.15) is 21.5 Å². The van der Waals surface area contributed by atoms with Gasteiger partial charge in [-0.05, 0) is 36.2 Å². The van der Waals surface area contributed by atoms with Crippen LogP contribution in [0.5, 0.6) is 11.5 Å². The van der Waals surface area contributed by atoms with E-state index in [9.17, 15) is 4.79 Å². The van der Waals surface area contributed by atoms with Gasteiger partial charge in [-0.3, -0.25) is 4.79 Å². The van der Waals surface area contributed by atoms with Gasteiger partial charge >= 0.3 is 0 Å². The molecule has 170 valence electrons. The highest BCUT2D eigenvalue weighted by Crippen LogP contribution is 2.32. The molecule has 0 aliphatic heterocycles. The molecule has 0 radical (unpaired) electrons. The zero-order valence-electron chi connectivity index (χ0n) is 19.1. The Bertz CT molecular complexity index is 1360. The Hall–Kier alpha value is -4.45. The van der Waals surface area contributed by atoms with E-state index in [2.05, 4.69) is 17.1 Å². The first-order valence-electron chi connectivity index (χ1n) is 10.8. The molecule has 0 spiro atoms. The third kappa shape index (κ3) is 4.81. The number of aromatic nitrogens is 1. The Morgan fingerprint density at radius 3 is 2.53 bits per heavy atom. The predicted octanol–water partition coefficient (Wildman–Crippen LogP) is 5.41. The number of carbonyl (C=O) groups excluding carboxylic acids is 1. The molecule has 0 unspecified atom stereocenters. The van der Waals surface area contributed by atoms with Gasteiger partial charge in [-0.15, -0.1) is 6.58 Å². The number of carbonyl (C=O) groups is 1. The minimum atomic E-state index is -0.321. The first kappa shape index (κ1) is 22.7. The Kier molecular flexibility index (Phi) is 6.98. The van der Waals surface area contributed by atoms with Gasteiger partial charge in [0.25, 0.3) is 5.91 Å². The summed E-state index contributed by atoms with van der Waals surface area (Å²) in [6.45, 7) is 3.80. The van der Waals surface area contributed by atoms with Crippen molar-refractivity contribution in [2.45, 2.75) is 6.42 Å². The Morgan fingerprint density at radius 2 is 1.79 bits per heavy atom. The monoisotopic (exact) mass is 451 g/mol. The number of nitrogens with zero attached hydrogens (tertiary/aromatic N) is 2. The number of rotatable bonds is 8. The number of ether oxygens (including phenoxy) is 2. The fraction of sp³-hybridized carbons (Fsp3) is 0.107. The van der Waals surface area contributed by atoms with Crippen molar-refractivity contribution in [3.05, 3.63) is 102 Å². The van der Waals surface area contributed by atoms with Crippen molar-refractivity contribution in [2.75, 3.05) is 14.2 Å². The SMILES string of the molecule is C=CCc1cc(/C=N/NC(=O)c2cc(-c3ccccc3)nc3ccccc23)cc(OC)c1OC. The first-order valence-corrected chi connectivity index (χ1v) is 10.8. The normalized spacial score (nSPS) is 10.9. The number of nitrogens with one attached hydrogen (secondary N) is 1. The molecular formula is C28H25N3O3. The van der Waals surface area contributed by atoms with Crippen molar-refractivity contribution in [3.63, 3.8) is 0 Å². The largest absolute Gasteiger partial charge is 0.493 e. The van der Waals surface area contributed by atoms with Crippen LogP contribution in [-0.2, 0) is 6.42 Å². The summed E-state index contributed by atoms with van der Waals surface area (Å²) in [5.74, 6) is 0.918. The highest BCUT2D eigenvalue weighted by Gasteiger charge is 2.14. The van der Waals surface area contributed by atoms with Crippen molar-refractivity contribution in [1.82, 2.24) is 10.4 Å².